The van der Waals surface area contributed by atoms with Gasteiger partial charge >= 0.3 is 0 Å². The molecule has 0 aliphatic heterocycles. The first kappa shape index (κ1) is 15.2. The predicted molar refractivity (Wildman–Crippen MR) is 94.0 cm³/mol. The number of benzene rings is 2. The molecule has 1 aromatic heterocycles. The minimum absolute atomic E-state index is 0.748. The van der Waals surface area contributed by atoms with Crippen LogP contribution in [0.5, 0.6) is 11.5 Å². The summed E-state index contributed by atoms with van der Waals surface area (Å²) in [5, 5.41) is 4.55. The number of aryl methyl sites for hydroxylation is 2. The number of aromatic nitrogens is 1. The lowest BCUT2D eigenvalue weighted by Gasteiger charge is -2.13. The van der Waals surface area contributed by atoms with Crippen molar-refractivity contribution in [2.75, 3.05) is 19.5 Å². The summed E-state index contributed by atoms with van der Waals surface area (Å²) in [6.45, 7) is 4.18. The van der Waals surface area contributed by atoms with Crippen molar-refractivity contribution in [3.8, 4) is 11.5 Å². The van der Waals surface area contributed by atoms with Crippen molar-refractivity contribution in [2.24, 2.45) is 0 Å². The van der Waals surface area contributed by atoms with Gasteiger partial charge in [0, 0.05) is 41.2 Å². The number of nitrogens with one attached hydrogen (secondary N) is 1. The number of nitrogens with zero attached hydrogens (tertiary/aromatic N) is 1. The molecule has 0 saturated carbocycles. The fraction of sp³-hybridized carbons (Fsp3) is 0.211. The van der Waals surface area contributed by atoms with Crippen molar-refractivity contribution in [1.82, 2.24) is 4.98 Å². The van der Waals surface area contributed by atoms with Gasteiger partial charge in [-0.25, -0.2) is 0 Å². The average molecular weight is 308 g/mol. The average Bonchev–Trinajstić information content (AvgIpc) is 2.55. The second-order valence-electron chi connectivity index (χ2n) is 5.56. The van der Waals surface area contributed by atoms with Crippen LogP contribution < -0.4 is 14.8 Å². The molecule has 2 aromatic carbocycles. The Labute approximate surface area is 136 Å². The Kier molecular flexibility index (Phi) is 4.06. The van der Waals surface area contributed by atoms with E-state index in [0.29, 0.717) is 0 Å². The highest BCUT2D eigenvalue weighted by Crippen LogP contribution is 2.31. The van der Waals surface area contributed by atoms with Gasteiger partial charge < -0.3 is 14.8 Å². The molecular weight excluding hydrogens is 288 g/mol. The van der Waals surface area contributed by atoms with Crippen molar-refractivity contribution in [1.29, 1.82) is 0 Å². The summed E-state index contributed by atoms with van der Waals surface area (Å²) in [7, 11) is 3.29. The lowest BCUT2D eigenvalue weighted by Crippen LogP contribution is -1.96. The van der Waals surface area contributed by atoms with Crippen LogP contribution in [0.4, 0.5) is 11.4 Å². The number of pyridine rings is 1. The van der Waals surface area contributed by atoms with E-state index < -0.39 is 0 Å². The third kappa shape index (κ3) is 3.06. The summed E-state index contributed by atoms with van der Waals surface area (Å²) in [5.74, 6) is 1.50. The molecular formula is C19H20N2O2. The molecule has 3 aromatic rings. The van der Waals surface area contributed by atoms with Gasteiger partial charge in [-0.1, -0.05) is 11.6 Å². The molecule has 23 heavy (non-hydrogen) atoms. The molecule has 0 unspecified atom stereocenters. The van der Waals surface area contributed by atoms with Gasteiger partial charge in [-0.3, -0.25) is 4.98 Å². The smallest absolute Gasteiger partial charge is 0.124 e. The molecule has 4 nitrogen and oxygen atoms in total. The number of hydrogen-bond donors (Lipinski definition) is 1. The summed E-state index contributed by atoms with van der Waals surface area (Å²) in [4.78, 5) is 4.50. The van der Waals surface area contributed by atoms with Gasteiger partial charge in [0.15, 0.2) is 0 Å². The minimum atomic E-state index is 0.748. The second-order valence-corrected chi connectivity index (χ2v) is 5.56. The van der Waals surface area contributed by atoms with Crippen molar-refractivity contribution in [2.45, 2.75) is 13.8 Å². The van der Waals surface area contributed by atoms with Crippen LogP contribution in [0, 0.1) is 13.8 Å². The molecule has 0 spiro atoms. The van der Waals surface area contributed by atoms with Crippen molar-refractivity contribution >= 4 is 22.3 Å². The molecule has 0 saturated heterocycles. The molecule has 0 fully saturated rings. The van der Waals surface area contributed by atoms with Crippen LogP contribution in [0.25, 0.3) is 10.9 Å². The quantitative estimate of drug-likeness (QED) is 0.764. The molecule has 3 rings (SSSR count). The van der Waals surface area contributed by atoms with Crippen LogP contribution in [0.2, 0.25) is 0 Å². The molecule has 0 radical (unpaired) electrons. The van der Waals surface area contributed by atoms with E-state index in [0.717, 1.165) is 33.8 Å². The van der Waals surface area contributed by atoms with Gasteiger partial charge in [0.1, 0.15) is 11.5 Å². The number of ether oxygens (including phenoxy) is 2. The fourth-order valence-electron chi connectivity index (χ4n) is 2.76. The third-order valence-electron chi connectivity index (χ3n) is 3.81. The highest BCUT2D eigenvalue weighted by Gasteiger charge is 2.08. The van der Waals surface area contributed by atoms with E-state index in [9.17, 15) is 0 Å². The van der Waals surface area contributed by atoms with E-state index in [1.807, 2.05) is 30.5 Å². The number of rotatable bonds is 4. The number of hydrogen-bond acceptors (Lipinski definition) is 4. The highest BCUT2D eigenvalue weighted by molar-refractivity contribution is 5.95. The zero-order valence-electron chi connectivity index (χ0n) is 13.8. The summed E-state index contributed by atoms with van der Waals surface area (Å²) >= 11 is 0. The van der Waals surface area contributed by atoms with Crippen LogP contribution in [-0.4, -0.2) is 19.2 Å². The van der Waals surface area contributed by atoms with E-state index in [1.165, 1.54) is 11.1 Å². The van der Waals surface area contributed by atoms with E-state index in [4.69, 9.17) is 9.47 Å². The molecule has 0 aliphatic carbocycles. The van der Waals surface area contributed by atoms with Crippen molar-refractivity contribution in [3.63, 3.8) is 0 Å². The largest absolute Gasteiger partial charge is 0.497 e. The van der Waals surface area contributed by atoms with Crippen molar-refractivity contribution in [3.05, 3.63) is 53.7 Å². The van der Waals surface area contributed by atoms with Crippen LogP contribution in [0.3, 0.4) is 0 Å². The number of methoxy groups -OCH3 is 2. The van der Waals surface area contributed by atoms with E-state index >= 15 is 0 Å². The lowest BCUT2D eigenvalue weighted by molar-refractivity contribution is 0.395. The zero-order valence-corrected chi connectivity index (χ0v) is 13.8. The summed E-state index contributed by atoms with van der Waals surface area (Å²) in [5.41, 5.74) is 5.32. The van der Waals surface area contributed by atoms with Crippen molar-refractivity contribution < 1.29 is 9.47 Å². The fourth-order valence-corrected chi connectivity index (χ4v) is 2.76. The van der Waals surface area contributed by atoms with Gasteiger partial charge in [-0.15, -0.1) is 0 Å². The highest BCUT2D eigenvalue weighted by atomic mass is 16.5. The summed E-state index contributed by atoms with van der Waals surface area (Å²) < 4.78 is 10.7. The molecule has 0 amide bonds. The predicted octanol–water partition coefficient (Wildman–Crippen LogP) is 4.61. The molecule has 0 atom stereocenters. The maximum atomic E-state index is 5.33. The van der Waals surface area contributed by atoms with Crippen LogP contribution in [0.15, 0.2) is 42.6 Å². The molecule has 1 heterocycles. The van der Waals surface area contributed by atoms with Gasteiger partial charge in [0.25, 0.3) is 0 Å². The van der Waals surface area contributed by atoms with Gasteiger partial charge in [0.2, 0.25) is 0 Å². The first-order valence-electron chi connectivity index (χ1n) is 7.47. The van der Waals surface area contributed by atoms with E-state index in [1.54, 1.807) is 14.2 Å². The lowest BCUT2D eigenvalue weighted by atomic mass is 10.1. The first-order valence-corrected chi connectivity index (χ1v) is 7.47. The third-order valence-corrected chi connectivity index (χ3v) is 3.81. The Bertz CT molecular complexity index is 837. The Morgan fingerprint density at radius 3 is 2.26 bits per heavy atom. The zero-order chi connectivity index (χ0) is 16.4. The molecule has 4 heteroatoms. The first-order chi connectivity index (χ1) is 11.1. The Morgan fingerprint density at radius 1 is 0.913 bits per heavy atom. The Balaban J connectivity index is 2.08. The SMILES string of the molecule is COc1cc(Nc2ccnc3c(C)cc(C)cc23)cc(OC)c1. The Morgan fingerprint density at radius 2 is 1.61 bits per heavy atom. The molecule has 1 N–H and O–H groups in total. The van der Waals surface area contributed by atoms with E-state index in [-0.39, 0.29) is 0 Å². The summed E-state index contributed by atoms with van der Waals surface area (Å²) in [6, 6.07) is 12.0. The van der Waals surface area contributed by atoms with Gasteiger partial charge in [-0.2, -0.15) is 0 Å². The van der Waals surface area contributed by atoms with Gasteiger partial charge in [0.05, 0.1) is 19.7 Å². The molecule has 0 aliphatic rings. The molecule has 0 bridgehead atoms. The van der Waals surface area contributed by atoms with E-state index in [2.05, 4.69) is 36.3 Å². The monoisotopic (exact) mass is 308 g/mol. The number of fused-ring (bicyclic) bond motifs is 1. The summed E-state index contributed by atoms with van der Waals surface area (Å²) in [6.07, 6.45) is 1.82. The Hall–Kier alpha value is -2.75. The number of anilines is 2. The topological polar surface area (TPSA) is 43.4 Å². The minimum Gasteiger partial charge on any atom is -0.497 e. The normalized spacial score (nSPS) is 10.6. The van der Waals surface area contributed by atoms with Crippen LogP contribution in [-0.2, 0) is 0 Å². The molecule has 118 valence electrons. The maximum Gasteiger partial charge on any atom is 0.124 e. The maximum absolute atomic E-state index is 5.33. The second kappa shape index (κ2) is 6.16. The van der Waals surface area contributed by atoms with Crippen LogP contribution >= 0.6 is 0 Å². The van der Waals surface area contributed by atoms with Crippen LogP contribution in [0.1, 0.15) is 11.1 Å². The standard InChI is InChI=1S/C19H20N2O2/c1-12-7-13(2)19-17(8-12)18(5-6-20-19)21-14-9-15(22-3)11-16(10-14)23-4/h5-11H,1-4H3,(H,20,21). The van der Waals surface area contributed by atoms with Gasteiger partial charge in [-0.05, 0) is 31.5 Å².